The van der Waals surface area contributed by atoms with Crippen molar-refractivity contribution in [1.82, 2.24) is 0 Å². The van der Waals surface area contributed by atoms with E-state index in [1.807, 2.05) is 60.7 Å². The van der Waals surface area contributed by atoms with E-state index < -0.39 is 0 Å². The van der Waals surface area contributed by atoms with E-state index in [2.05, 4.69) is 0 Å². The van der Waals surface area contributed by atoms with Gasteiger partial charge in [0.05, 0.1) is 12.6 Å². The molecule has 0 saturated carbocycles. The largest absolute Gasteiger partial charge is 0.380 e. The third-order valence-corrected chi connectivity index (χ3v) is 2.64. The summed E-state index contributed by atoms with van der Waals surface area (Å²) in [4.78, 5) is 10.2. The summed E-state index contributed by atoms with van der Waals surface area (Å²) < 4.78 is 4.93. The van der Waals surface area contributed by atoms with Gasteiger partial charge in [0.15, 0.2) is 0 Å². The van der Waals surface area contributed by atoms with Crippen LogP contribution in [0.15, 0.2) is 60.7 Å². The first-order chi connectivity index (χ1) is 9.76. The zero-order chi connectivity index (χ0) is 14.6. The number of carbonyl (C=O) groups is 1. The van der Waals surface area contributed by atoms with Crippen LogP contribution in [0, 0.1) is 0 Å². The Morgan fingerprint density at radius 3 is 1.95 bits per heavy atom. The second-order valence-corrected chi connectivity index (χ2v) is 4.41. The van der Waals surface area contributed by atoms with Crippen molar-refractivity contribution in [3.8, 4) is 0 Å². The first kappa shape index (κ1) is 16.1. The molecule has 2 N–H and O–H groups in total. The molecule has 0 heterocycles. The Labute approximate surface area is 120 Å². The lowest BCUT2D eigenvalue weighted by molar-refractivity contribution is -0.108. The SMILES string of the molecule is COCc1ccccc1.NC(C=O)Cc1ccccc1. The first-order valence-electron chi connectivity index (χ1n) is 6.54. The maximum atomic E-state index is 10.2. The molecule has 0 aliphatic rings. The number of ether oxygens (including phenoxy) is 1. The van der Waals surface area contributed by atoms with E-state index in [1.54, 1.807) is 7.11 Å². The number of hydrogen-bond donors (Lipinski definition) is 1. The third kappa shape index (κ3) is 6.83. The number of methoxy groups -OCH3 is 1. The maximum Gasteiger partial charge on any atom is 0.137 e. The second-order valence-electron chi connectivity index (χ2n) is 4.41. The molecule has 0 fully saturated rings. The van der Waals surface area contributed by atoms with Gasteiger partial charge in [-0.05, 0) is 17.5 Å². The van der Waals surface area contributed by atoms with E-state index >= 15 is 0 Å². The van der Waals surface area contributed by atoms with E-state index in [0.29, 0.717) is 13.0 Å². The molecule has 0 radical (unpaired) electrons. The van der Waals surface area contributed by atoms with Gasteiger partial charge in [-0.3, -0.25) is 0 Å². The minimum absolute atomic E-state index is 0.364. The highest BCUT2D eigenvalue weighted by molar-refractivity contribution is 5.57. The quantitative estimate of drug-likeness (QED) is 0.850. The molecule has 0 amide bonds. The average Bonchev–Trinajstić information content (AvgIpc) is 2.50. The van der Waals surface area contributed by atoms with Crippen molar-refractivity contribution in [3.05, 3.63) is 71.8 Å². The summed E-state index contributed by atoms with van der Waals surface area (Å²) in [7, 11) is 1.70. The minimum atomic E-state index is -0.364. The van der Waals surface area contributed by atoms with E-state index in [0.717, 1.165) is 11.8 Å². The van der Waals surface area contributed by atoms with E-state index in [1.165, 1.54) is 5.56 Å². The lowest BCUT2D eigenvalue weighted by atomic mass is 10.1. The second kappa shape index (κ2) is 9.89. The zero-order valence-corrected chi connectivity index (χ0v) is 11.7. The molecule has 106 valence electrons. The van der Waals surface area contributed by atoms with Gasteiger partial charge >= 0.3 is 0 Å². The van der Waals surface area contributed by atoms with Gasteiger partial charge in [0.2, 0.25) is 0 Å². The van der Waals surface area contributed by atoms with E-state index in [-0.39, 0.29) is 6.04 Å². The van der Waals surface area contributed by atoms with Crippen LogP contribution in [0.2, 0.25) is 0 Å². The summed E-state index contributed by atoms with van der Waals surface area (Å²) in [5, 5.41) is 0. The van der Waals surface area contributed by atoms with Crippen LogP contribution in [0.5, 0.6) is 0 Å². The molecule has 1 unspecified atom stereocenters. The topological polar surface area (TPSA) is 52.3 Å². The van der Waals surface area contributed by atoms with Crippen LogP contribution in [0.3, 0.4) is 0 Å². The van der Waals surface area contributed by atoms with Crippen LogP contribution in [-0.4, -0.2) is 19.4 Å². The molecule has 0 aliphatic heterocycles. The Morgan fingerprint density at radius 1 is 1.00 bits per heavy atom. The van der Waals surface area contributed by atoms with Crippen LogP contribution in [0.25, 0.3) is 0 Å². The number of benzene rings is 2. The Hall–Kier alpha value is -1.97. The van der Waals surface area contributed by atoms with Crippen LogP contribution in [-0.2, 0) is 22.6 Å². The number of carbonyl (C=O) groups excluding carboxylic acids is 1. The molecule has 20 heavy (non-hydrogen) atoms. The van der Waals surface area contributed by atoms with Crippen molar-refractivity contribution >= 4 is 6.29 Å². The molecule has 2 aromatic carbocycles. The monoisotopic (exact) mass is 271 g/mol. The lowest BCUT2D eigenvalue weighted by Crippen LogP contribution is -2.23. The van der Waals surface area contributed by atoms with Gasteiger partial charge in [0.25, 0.3) is 0 Å². The summed E-state index contributed by atoms with van der Waals surface area (Å²) in [5.74, 6) is 0. The number of nitrogens with two attached hydrogens (primary N) is 1. The fourth-order valence-electron chi connectivity index (χ4n) is 1.68. The molecule has 0 saturated heterocycles. The Balaban J connectivity index is 0.000000204. The molecule has 0 aliphatic carbocycles. The maximum absolute atomic E-state index is 10.2. The molecule has 2 rings (SSSR count). The van der Waals surface area contributed by atoms with Crippen molar-refractivity contribution in [3.63, 3.8) is 0 Å². The van der Waals surface area contributed by atoms with Crippen LogP contribution in [0.4, 0.5) is 0 Å². The smallest absolute Gasteiger partial charge is 0.137 e. The molecule has 3 nitrogen and oxygen atoms in total. The molecule has 3 heteroatoms. The highest BCUT2D eigenvalue weighted by Gasteiger charge is 1.99. The Morgan fingerprint density at radius 2 is 1.50 bits per heavy atom. The normalized spacial score (nSPS) is 11.1. The summed E-state index contributed by atoms with van der Waals surface area (Å²) in [5.41, 5.74) is 7.76. The lowest BCUT2D eigenvalue weighted by Gasteiger charge is -2.02. The molecule has 0 aromatic heterocycles. The molecule has 2 aromatic rings. The third-order valence-electron chi connectivity index (χ3n) is 2.64. The number of hydrogen-bond acceptors (Lipinski definition) is 3. The molecular formula is C17H21NO2. The van der Waals surface area contributed by atoms with Gasteiger partial charge in [-0.15, -0.1) is 0 Å². The Bertz CT molecular complexity index is 471. The van der Waals surface area contributed by atoms with Crippen molar-refractivity contribution in [2.24, 2.45) is 5.73 Å². The molecule has 1 atom stereocenters. The van der Waals surface area contributed by atoms with Gasteiger partial charge in [-0.1, -0.05) is 60.7 Å². The molecular weight excluding hydrogens is 250 g/mol. The van der Waals surface area contributed by atoms with Gasteiger partial charge in [-0.25, -0.2) is 0 Å². The van der Waals surface area contributed by atoms with Gasteiger partial charge < -0.3 is 15.3 Å². The van der Waals surface area contributed by atoms with Crippen molar-refractivity contribution in [1.29, 1.82) is 0 Å². The number of rotatable bonds is 5. The number of aldehydes is 1. The summed E-state index contributed by atoms with van der Waals surface area (Å²) in [6, 6.07) is 19.5. The van der Waals surface area contributed by atoms with Crippen LogP contribution < -0.4 is 5.73 Å². The summed E-state index contributed by atoms with van der Waals surface area (Å²) in [6.45, 7) is 0.709. The van der Waals surface area contributed by atoms with Crippen LogP contribution >= 0.6 is 0 Å². The minimum Gasteiger partial charge on any atom is -0.380 e. The predicted molar refractivity (Wildman–Crippen MR) is 81.3 cm³/mol. The Kier molecular flexibility index (Phi) is 7.96. The predicted octanol–water partition coefficient (Wildman–Crippen LogP) is 2.59. The van der Waals surface area contributed by atoms with Crippen LogP contribution in [0.1, 0.15) is 11.1 Å². The van der Waals surface area contributed by atoms with Crippen molar-refractivity contribution in [2.45, 2.75) is 19.1 Å². The fraction of sp³-hybridized carbons (Fsp3) is 0.235. The average molecular weight is 271 g/mol. The van der Waals surface area contributed by atoms with Crippen molar-refractivity contribution in [2.75, 3.05) is 7.11 Å². The van der Waals surface area contributed by atoms with Crippen molar-refractivity contribution < 1.29 is 9.53 Å². The van der Waals surface area contributed by atoms with Gasteiger partial charge in [0, 0.05) is 7.11 Å². The standard InChI is InChI=1S/C9H11NO.C8H10O/c10-9(7-11)6-8-4-2-1-3-5-8;1-9-7-8-5-3-2-4-6-8/h1-5,7,9H,6,10H2;2-6H,7H2,1H3. The highest BCUT2D eigenvalue weighted by Crippen LogP contribution is 2.00. The van der Waals surface area contributed by atoms with E-state index in [9.17, 15) is 4.79 Å². The van der Waals surface area contributed by atoms with Gasteiger partial charge in [0.1, 0.15) is 6.29 Å². The zero-order valence-electron chi connectivity index (χ0n) is 11.7. The highest BCUT2D eigenvalue weighted by atomic mass is 16.5. The van der Waals surface area contributed by atoms with E-state index in [4.69, 9.17) is 10.5 Å². The van der Waals surface area contributed by atoms with Gasteiger partial charge in [-0.2, -0.15) is 0 Å². The first-order valence-corrected chi connectivity index (χ1v) is 6.54. The summed E-state index contributed by atoms with van der Waals surface area (Å²) >= 11 is 0. The fourth-order valence-corrected chi connectivity index (χ4v) is 1.68. The molecule has 0 bridgehead atoms. The summed E-state index contributed by atoms with van der Waals surface area (Å²) in [6.07, 6.45) is 1.40. The molecule has 0 spiro atoms.